The highest BCUT2D eigenvalue weighted by Crippen LogP contribution is 2.27. The van der Waals surface area contributed by atoms with E-state index in [2.05, 4.69) is 19.2 Å². The smallest absolute Gasteiger partial charge is 0.260 e. The lowest BCUT2D eigenvalue weighted by atomic mass is 10.1. The molecule has 0 aliphatic carbocycles. The first-order valence-electron chi connectivity index (χ1n) is 7.32. The van der Waals surface area contributed by atoms with Crippen molar-refractivity contribution in [2.24, 2.45) is 5.92 Å². The fraction of sp³-hybridized carbons (Fsp3) is 0.500. The van der Waals surface area contributed by atoms with E-state index in [1.165, 1.54) is 7.11 Å². The molecule has 22 heavy (non-hydrogen) atoms. The number of methoxy groups -OCH3 is 1. The van der Waals surface area contributed by atoms with Crippen molar-refractivity contribution >= 4 is 17.5 Å². The lowest BCUT2D eigenvalue weighted by Crippen LogP contribution is -2.35. The van der Waals surface area contributed by atoms with Crippen LogP contribution in [0.2, 0.25) is 0 Å². The molecule has 6 nitrogen and oxygen atoms in total. The Kier molecular flexibility index (Phi) is 5.38. The highest BCUT2D eigenvalue weighted by molar-refractivity contribution is 5.92. The van der Waals surface area contributed by atoms with Gasteiger partial charge in [0.1, 0.15) is 12.4 Å². The van der Waals surface area contributed by atoms with Gasteiger partial charge in [0.2, 0.25) is 5.91 Å². The number of ether oxygens (including phenoxy) is 2. The Balaban J connectivity index is 2.17. The molecule has 2 amide bonds. The molecule has 0 saturated carbocycles. The monoisotopic (exact) mass is 306 g/mol. The quantitative estimate of drug-likeness (QED) is 0.898. The number of rotatable bonds is 5. The standard InChI is InChI=1S/C16H22N2O4/c1-11(2)7-18-8-12-6-13(17-15(19)9-21-3)4-5-14(12)22-10-16(18)20/h4-6,11H,7-10H2,1-3H3,(H,17,19). The lowest BCUT2D eigenvalue weighted by molar-refractivity contribution is -0.133. The number of amides is 2. The summed E-state index contributed by atoms with van der Waals surface area (Å²) in [6, 6.07) is 5.38. The molecule has 120 valence electrons. The average Bonchev–Trinajstić information content (AvgIpc) is 2.58. The van der Waals surface area contributed by atoms with Gasteiger partial charge in [-0.1, -0.05) is 13.8 Å². The SMILES string of the molecule is COCC(=O)Nc1ccc2c(c1)CN(CC(C)C)C(=O)CO2. The number of fused-ring (bicyclic) bond motifs is 1. The zero-order valence-corrected chi connectivity index (χ0v) is 13.2. The Labute approximate surface area is 130 Å². The second-order valence-corrected chi connectivity index (χ2v) is 5.76. The zero-order chi connectivity index (χ0) is 16.1. The first-order valence-corrected chi connectivity index (χ1v) is 7.32. The number of benzene rings is 1. The zero-order valence-electron chi connectivity index (χ0n) is 13.2. The van der Waals surface area contributed by atoms with Gasteiger partial charge in [0.15, 0.2) is 6.61 Å². The van der Waals surface area contributed by atoms with Crippen molar-refractivity contribution in [1.29, 1.82) is 0 Å². The van der Waals surface area contributed by atoms with Crippen molar-refractivity contribution < 1.29 is 19.1 Å². The summed E-state index contributed by atoms with van der Waals surface area (Å²) in [4.78, 5) is 25.4. The van der Waals surface area contributed by atoms with Crippen LogP contribution in [0.1, 0.15) is 19.4 Å². The molecular formula is C16H22N2O4. The molecule has 1 aliphatic heterocycles. The average molecular weight is 306 g/mol. The Bertz CT molecular complexity index is 557. The third-order valence-corrected chi connectivity index (χ3v) is 3.27. The van der Waals surface area contributed by atoms with E-state index in [1.807, 2.05) is 6.07 Å². The Hall–Kier alpha value is -2.08. The fourth-order valence-electron chi connectivity index (χ4n) is 2.38. The maximum Gasteiger partial charge on any atom is 0.260 e. The highest BCUT2D eigenvalue weighted by Gasteiger charge is 2.22. The summed E-state index contributed by atoms with van der Waals surface area (Å²) in [5.41, 5.74) is 1.56. The van der Waals surface area contributed by atoms with E-state index in [9.17, 15) is 9.59 Å². The van der Waals surface area contributed by atoms with E-state index >= 15 is 0 Å². The number of hydrogen-bond donors (Lipinski definition) is 1. The molecule has 0 atom stereocenters. The van der Waals surface area contributed by atoms with Gasteiger partial charge in [0.25, 0.3) is 5.91 Å². The summed E-state index contributed by atoms with van der Waals surface area (Å²) in [6.07, 6.45) is 0. The molecule has 0 unspecified atom stereocenters. The number of anilines is 1. The predicted molar refractivity (Wildman–Crippen MR) is 82.7 cm³/mol. The minimum atomic E-state index is -0.216. The van der Waals surface area contributed by atoms with E-state index in [0.29, 0.717) is 30.4 Å². The molecule has 2 rings (SSSR count). The van der Waals surface area contributed by atoms with Gasteiger partial charge in [-0.3, -0.25) is 9.59 Å². The van der Waals surface area contributed by atoms with Crippen LogP contribution in [0, 0.1) is 5.92 Å². The van der Waals surface area contributed by atoms with Crippen molar-refractivity contribution in [2.45, 2.75) is 20.4 Å². The molecule has 1 aromatic carbocycles. The van der Waals surface area contributed by atoms with E-state index in [0.717, 1.165) is 5.56 Å². The topological polar surface area (TPSA) is 67.9 Å². The molecule has 1 aliphatic rings. The Morgan fingerprint density at radius 3 is 2.91 bits per heavy atom. The number of carbonyl (C=O) groups is 2. The van der Waals surface area contributed by atoms with Crippen LogP contribution in [-0.4, -0.2) is 43.6 Å². The van der Waals surface area contributed by atoms with E-state index in [4.69, 9.17) is 9.47 Å². The van der Waals surface area contributed by atoms with Gasteiger partial charge in [0, 0.05) is 31.5 Å². The van der Waals surface area contributed by atoms with Gasteiger partial charge in [-0.2, -0.15) is 0 Å². The third-order valence-electron chi connectivity index (χ3n) is 3.27. The third kappa shape index (κ3) is 4.21. The molecule has 0 saturated heterocycles. The molecule has 0 aromatic heterocycles. The number of nitrogens with zero attached hydrogens (tertiary/aromatic N) is 1. The molecule has 1 N–H and O–H groups in total. The van der Waals surface area contributed by atoms with E-state index in [1.54, 1.807) is 17.0 Å². The minimum absolute atomic E-state index is 0.00550. The molecule has 1 aromatic rings. The highest BCUT2D eigenvalue weighted by atomic mass is 16.5. The maximum absolute atomic E-state index is 12.1. The van der Waals surface area contributed by atoms with Crippen LogP contribution in [0.5, 0.6) is 5.75 Å². The summed E-state index contributed by atoms with van der Waals surface area (Å²) in [5.74, 6) is 0.835. The minimum Gasteiger partial charge on any atom is -0.483 e. The van der Waals surface area contributed by atoms with E-state index in [-0.39, 0.29) is 25.0 Å². The first kappa shape index (κ1) is 16.3. The van der Waals surface area contributed by atoms with Crippen LogP contribution in [0.3, 0.4) is 0 Å². The second-order valence-electron chi connectivity index (χ2n) is 5.76. The maximum atomic E-state index is 12.1. The number of carbonyl (C=O) groups excluding carboxylic acids is 2. The van der Waals surface area contributed by atoms with Crippen molar-refractivity contribution in [2.75, 3.05) is 32.2 Å². The second kappa shape index (κ2) is 7.26. The summed E-state index contributed by atoms with van der Waals surface area (Å²) >= 11 is 0. The summed E-state index contributed by atoms with van der Waals surface area (Å²) in [5, 5.41) is 2.76. The van der Waals surface area contributed by atoms with Crippen LogP contribution < -0.4 is 10.1 Å². The first-order chi connectivity index (χ1) is 10.5. The molecule has 0 bridgehead atoms. The number of hydrogen-bond acceptors (Lipinski definition) is 4. The summed E-state index contributed by atoms with van der Waals surface area (Å²) < 4.78 is 10.3. The van der Waals surface area contributed by atoms with Gasteiger partial charge in [0.05, 0.1) is 0 Å². The molecule has 1 heterocycles. The molecular weight excluding hydrogens is 284 g/mol. The Morgan fingerprint density at radius 1 is 1.45 bits per heavy atom. The van der Waals surface area contributed by atoms with Crippen molar-refractivity contribution in [1.82, 2.24) is 4.90 Å². The van der Waals surface area contributed by atoms with Crippen molar-refractivity contribution in [3.8, 4) is 5.75 Å². The number of nitrogens with one attached hydrogen (secondary N) is 1. The molecule has 0 spiro atoms. The van der Waals surface area contributed by atoms with Crippen LogP contribution in [0.15, 0.2) is 18.2 Å². The Morgan fingerprint density at radius 2 is 2.23 bits per heavy atom. The van der Waals surface area contributed by atoms with Gasteiger partial charge in [-0.15, -0.1) is 0 Å². The normalized spacial score (nSPS) is 14.4. The van der Waals surface area contributed by atoms with E-state index < -0.39 is 0 Å². The van der Waals surface area contributed by atoms with Gasteiger partial charge < -0.3 is 19.7 Å². The van der Waals surface area contributed by atoms with Gasteiger partial charge >= 0.3 is 0 Å². The van der Waals surface area contributed by atoms with Crippen LogP contribution >= 0.6 is 0 Å². The molecule has 0 fully saturated rings. The van der Waals surface area contributed by atoms with Crippen molar-refractivity contribution in [3.63, 3.8) is 0 Å². The van der Waals surface area contributed by atoms with Gasteiger partial charge in [-0.25, -0.2) is 0 Å². The van der Waals surface area contributed by atoms with Crippen LogP contribution in [0.4, 0.5) is 5.69 Å². The van der Waals surface area contributed by atoms with Crippen LogP contribution in [-0.2, 0) is 20.9 Å². The predicted octanol–water partition coefficient (Wildman–Crippen LogP) is 1.65. The molecule has 0 radical (unpaired) electrons. The fourth-order valence-corrected chi connectivity index (χ4v) is 2.38. The van der Waals surface area contributed by atoms with Gasteiger partial charge in [-0.05, 0) is 24.1 Å². The summed E-state index contributed by atoms with van der Waals surface area (Å²) in [6.45, 7) is 5.37. The van der Waals surface area contributed by atoms with Crippen LogP contribution in [0.25, 0.3) is 0 Å². The lowest BCUT2D eigenvalue weighted by Gasteiger charge is -2.22. The van der Waals surface area contributed by atoms with Crippen molar-refractivity contribution in [3.05, 3.63) is 23.8 Å². The molecule has 6 heteroatoms. The largest absolute Gasteiger partial charge is 0.483 e. The summed E-state index contributed by atoms with van der Waals surface area (Å²) in [7, 11) is 1.47.